The number of fused-ring (bicyclic) bond motifs is 3. The second-order valence-corrected chi connectivity index (χ2v) is 14.4. The van der Waals surface area contributed by atoms with Crippen molar-refractivity contribution in [1.82, 2.24) is 19.5 Å². The van der Waals surface area contributed by atoms with Gasteiger partial charge in [-0.3, -0.25) is 0 Å². The highest BCUT2D eigenvalue weighted by atomic mass is 19.4. The number of hydrogen-bond acceptors (Lipinski definition) is 3. The monoisotopic (exact) mass is 770 g/mol. The van der Waals surface area contributed by atoms with E-state index in [1.165, 1.54) is 12.1 Å². The quantitative estimate of drug-likeness (QED) is 0.162. The molecule has 0 aliphatic heterocycles. The molecule has 0 spiro atoms. The highest BCUT2D eigenvalue weighted by molar-refractivity contribution is 6.11. The predicted molar refractivity (Wildman–Crippen MR) is 232 cm³/mol. The van der Waals surface area contributed by atoms with Gasteiger partial charge in [0.1, 0.15) is 0 Å². The first-order valence-electron chi connectivity index (χ1n) is 19.3. The topological polar surface area (TPSA) is 43.6 Å². The highest BCUT2D eigenvalue weighted by Gasteiger charge is 2.30. The van der Waals surface area contributed by atoms with E-state index in [1.807, 2.05) is 109 Å². The van der Waals surface area contributed by atoms with E-state index in [9.17, 15) is 13.2 Å². The molecule has 0 aliphatic rings. The van der Waals surface area contributed by atoms with Gasteiger partial charge in [-0.25, -0.2) is 15.0 Å². The van der Waals surface area contributed by atoms with Gasteiger partial charge in [-0.05, 0) is 69.8 Å². The van der Waals surface area contributed by atoms with Gasteiger partial charge >= 0.3 is 6.18 Å². The van der Waals surface area contributed by atoms with Crippen molar-refractivity contribution in [3.8, 4) is 73.2 Å². The summed E-state index contributed by atoms with van der Waals surface area (Å²) in [5.74, 6) is 1.36. The first kappa shape index (κ1) is 35.8. The molecule has 10 rings (SSSR count). The molecule has 2 aromatic heterocycles. The van der Waals surface area contributed by atoms with Crippen LogP contribution in [0.15, 0.2) is 200 Å². The zero-order valence-electron chi connectivity index (χ0n) is 31.5. The van der Waals surface area contributed by atoms with Gasteiger partial charge in [-0.15, -0.1) is 0 Å². The Morgan fingerprint density at radius 2 is 0.763 bits per heavy atom. The van der Waals surface area contributed by atoms with Crippen LogP contribution >= 0.6 is 0 Å². The minimum atomic E-state index is -4.47. The van der Waals surface area contributed by atoms with Gasteiger partial charge in [0.25, 0.3) is 0 Å². The lowest BCUT2D eigenvalue weighted by Crippen LogP contribution is -2.04. The van der Waals surface area contributed by atoms with Crippen LogP contribution in [0.4, 0.5) is 13.2 Å². The molecule has 0 radical (unpaired) electrons. The van der Waals surface area contributed by atoms with Crippen molar-refractivity contribution >= 4 is 21.8 Å². The number of aromatic nitrogens is 4. The summed E-state index contributed by atoms with van der Waals surface area (Å²) >= 11 is 0. The Morgan fingerprint density at radius 1 is 0.339 bits per heavy atom. The van der Waals surface area contributed by atoms with Crippen LogP contribution in [0.1, 0.15) is 5.56 Å². The third kappa shape index (κ3) is 6.83. The molecule has 0 aliphatic carbocycles. The third-order valence-corrected chi connectivity index (χ3v) is 10.7. The molecule has 4 nitrogen and oxygen atoms in total. The van der Waals surface area contributed by atoms with Crippen LogP contribution in [-0.2, 0) is 6.18 Å². The summed E-state index contributed by atoms with van der Waals surface area (Å²) in [5, 5.41) is 2.18. The summed E-state index contributed by atoms with van der Waals surface area (Å²) in [5.41, 5.74) is 10.0. The van der Waals surface area contributed by atoms with Crippen LogP contribution in [0.5, 0.6) is 0 Å². The van der Waals surface area contributed by atoms with Crippen LogP contribution in [-0.4, -0.2) is 19.5 Å². The maximum absolute atomic E-state index is 13.8. The number of nitrogens with zero attached hydrogens (tertiary/aromatic N) is 4. The van der Waals surface area contributed by atoms with Gasteiger partial charge in [0.15, 0.2) is 17.5 Å². The zero-order chi connectivity index (χ0) is 39.9. The Balaban J connectivity index is 1.26. The Morgan fingerprint density at radius 3 is 1.22 bits per heavy atom. The van der Waals surface area contributed by atoms with Crippen molar-refractivity contribution in [2.45, 2.75) is 6.18 Å². The van der Waals surface area contributed by atoms with Gasteiger partial charge in [0.2, 0.25) is 0 Å². The smallest absolute Gasteiger partial charge is 0.309 e. The van der Waals surface area contributed by atoms with Crippen molar-refractivity contribution in [2.24, 2.45) is 0 Å². The molecule has 59 heavy (non-hydrogen) atoms. The third-order valence-electron chi connectivity index (χ3n) is 10.7. The molecule has 10 aromatic rings. The minimum Gasteiger partial charge on any atom is -0.309 e. The normalized spacial score (nSPS) is 11.6. The molecule has 8 aromatic carbocycles. The molecular weight excluding hydrogens is 738 g/mol. The Kier molecular flexibility index (Phi) is 8.91. The molecule has 7 heteroatoms. The largest absolute Gasteiger partial charge is 0.416 e. The SMILES string of the molecule is FC(F)(F)c1ccc(-c2ccc(-n3c4cc(-c5ccccc5)ccc4c4ccc(-c5ccccc5)cc43)cc2-c2nc(-c3ccccc3)nc(-c3ccccc3)n2)cc1. The molecule has 0 saturated carbocycles. The predicted octanol–water partition coefficient (Wildman–Crippen LogP) is 14.0. The minimum absolute atomic E-state index is 0.394. The molecule has 282 valence electrons. The van der Waals surface area contributed by atoms with E-state index in [1.54, 1.807) is 0 Å². The van der Waals surface area contributed by atoms with Crippen LogP contribution in [0.25, 0.3) is 95.0 Å². The van der Waals surface area contributed by atoms with Gasteiger partial charge < -0.3 is 4.57 Å². The molecule has 0 saturated heterocycles. The Hall–Kier alpha value is -7.64. The number of hydrogen-bond donors (Lipinski definition) is 0. The van der Waals surface area contributed by atoms with Crippen molar-refractivity contribution in [1.29, 1.82) is 0 Å². The maximum Gasteiger partial charge on any atom is 0.416 e. The van der Waals surface area contributed by atoms with Crippen molar-refractivity contribution in [3.63, 3.8) is 0 Å². The number of benzene rings is 8. The summed E-state index contributed by atoms with van der Waals surface area (Å²) in [6.07, 6.45) is -4.47. The van der Waals surface area contributed by atoms with Crippen molar-refractivity contribution in [2.75, 3.05) is 0 Å². The Labute approximate surface area is 338 Å². The van der Waals surface area contributed by atoms with Crippen LogP contribution in [0.3, 0.4) is 0 Å². The van der Waals surface area contributed by atoms with Crippen molar-refractivity contribution < 1.29 is 13.2 Å². The lowest BCUT2D eigenvalue weighted by atomic mass is 9.97. The van der Waals surface area contributed by atoms with E-state index in [0.717, 1.165) is 73.0 Å². The van der Waals surface area contributed by atoms with E-state index < -0.39 is 11.7 Å². The van der Waals surface area contributed by atoms with Crippen molar-refractivity contribution in [3.05, 3.63) is 206 Å². The van der Waals surface area contributed by atoms with Gasteiger partial charge in [-0.1, -0.05) is 164 Å². The van der Waals surface area contributed by atoms with E-state index in [4.69, 9.17) is 15.0 Å². The molecule has 0 amide bonds. The number of alkyl halides is 3. The van der Waals surface area contributed by atoms with E-state index >= 15 is 0 Å². The zero-order valence-corrected chi connectivity index (χ0v) is 31.5. The average Bonchev–Trinajstić information content (AvgIpc) is 3.62. The maximum atomic E-state index is 13.8. The standard InChI is InChI=1S/C52H33F3N4/c53-52(54,55)41-25-21-36(22-26-41)43-30-27-42(33-46(43)51-57-49(37-17-9-3-10-18-37)56-50(58-51)38-19-11-4-12-20-38)59-47-31-39(34-13-5-1-6-14-34)23-28-44(47)45-29-24-40(32-48(45)59)35-15-7-2-8-16-35/h1-33H. The van der Waals surface area contributed by atoms with Gasteiger partial charge in [0.05, 0.1) is 16.6 Å². The molecular formula is C52H33F3N4. The number of rotatable bonds is 7. The number of halogens is 3. The average molecular weight is 771 g/mol. The fourth-order valence-electron chi connectivity index (χ4n) is 7.79. The van der Waals surface area contributed by atoms with E-state index in [2.05, 4.69) is 71.3 Å². The summed E-state index contributed by atoms with van der Waals surface area (Å²) in [6, 6.07) is 64.4. The summed E-state index contributed by atoms with van der Waals surface area (Å²) in [6.45, 7) is 0. The first-order chi connectivity index (χ1) is 28.9. The first-order valence-corrected chi connectivity index (χ1v) is 19.3. The lowest BCUT2D eigenvalue weighted by molar-refractivity contribution is -0.137. The second kappa shape index (κ2) is 14.7. The summed E-state index contributed by atoms with van der Waals surface area (Å²) < 4.78 is 43.6. The van der Waals surface area contributed by atoms with Gasteiger partial charge in [0, 0.05) is 33.2 Å². The molecule has 2 heterocycles. The molecule has 0 bridgehead atoms. The van der Waals surface area contributed by atoms with Gasteiger partial charge in [-0.2, -0.15) is 13.2 Å². The summed E-state index contributed by atoms with van der Waals surface area (Å²) in [7, 11) is 0. The fraction of sp³-hybridized carbons (Fsp3) is 0.0192. The second-order valence-electron chi connectivity index (χ2n) is 14.4. The lowest BCUT2D eigenvalue weighted by Gasteiger charge is -2.16. The highest BCUT2D eigenvalue weighted by Crippen LogP contribution is 2.41. The fourth-order valence-corrected chi connectivity index (χ4v) is 7.79. The van der Waals surface area contributed by atoms with Crippen LogP contribution < -0.4 is 0 Å². The van der Waals surface area contributed by atoms with Crippen LogP contribution in [0.2, 0.25) is 0 Å². The Bertz CT molecular complexity index is 2950. The van der Waals surface area contributed by atoms with Crippen LogP contribution in [0, 0.1) is 0 Å². The molecule has 0 fully saturated rings. The summed E-state index contributed by atoms with van der Waals surface area (Å²) in [4.78, 5) is 15.1. The molecule has 0 N–H and O–H groups in total. The molecule has 0 atom stereocenters. The molecule has 0 unspecified atom stereocenters. The van der Waals surface area contributed by atoms with E-state index in [0.29, 0.717) is 34.2 Å². The van der Waals surface area contributed by atoms with E-state index in [-0.39, 0.29) is 0 Å².